The number of nitrogens with one attached hydrogen (secondary N) is 1. The number of aliphatic imine (C=N–C) groups is 1. The molecule has 7 heteroatoms. The highest BCUT2D eigenvalue weighted by atomic mass is 16.2. The maximum atomic E-state index is 11.6. The lowest BCUT2D eigenvalue weighted by Gasteiger charge is -2.24. The van der Waals surface area contributed by atoms with E-state index in [4.69, 9.17) is 0 Å². The van der Waals surface area contributed by atoms with Gasteiger partial charge in [0.05, 0.1) is 0 Å². The zero-order valence-corrected chi connectivity index (χ0v) is 8.05. The summed E-state index contributed by atoms with van der Waals surface area (Å²) in [5.74, 6) is 0.812. The van der Waals surface area contributed by atoms with Gasteiger partial charge in [-0.2, -0.15) is 4.99 Å². The fourth-order valence-corrected chi connectivity index (χ4v) is 1.88. The second-order valence-corrected chi connectivity index (χ2v) is 3.68. The molecule has 1 amide bonds. The van der Waals surface area contributed by atoms with Gasteiger partial charge >= 0.3 is 0 Å². The summed E-state index contributed by atoms with van der Waals surface area (Å²) in [7, 11) is 0. The Morgan fingerprint density at radius 2 is 2.13 bits per heavy atom. The van der Waals surface area contributed by atoms with Gasteiger partial charge in [0.1, 0.15) is 0 Å². The maximum absolute atomic E-state index is 11.6. The van der Waals surface area contributed by atoms with E-state index in [0.29, 0.717) is 11.8 Å². The molecule has 3 rings (SSSR count). The molecule has 3 aliphatic heterocycles. The molecular weight excluding hydrogens is 196 g/mol. The summed E-state index contributed by atoms with van der Waals surface area (Å²) in [4.78, 5) is 17.9. The molecule has 0 aromatic heterocycles. The lowest BCUT2D eigenvalue weighted by atomic mass is 10.2. The molecule has 0 aliphatic carbocycles. The Hall–Kier alpha value is -1.79. The van der Waals surface area contributed by atoms with E-state index in [-0.39, 0.29) is 5.91 Å². The van der Waals surface area contributed by atoms with Crippen molar-refractivity contribution in [2.45, 2.75) is 18.9 Å². The molecule has 1 atom stereocenters. The number of amides is 1. The Bertz CT molecular complexity index is 392. The van der Waals surface area contributed by atoms with Gasteiger partial charge in [0.2, 0.25) is 12.0 Å². The van der Waals surface area contributed by atoms with E-state index in [9.17, 15) is 4.79 Å². The molecule has 1 unspecified atom stereocenters. The molecule has 1 fully saturated rings. The van der Waals surface area contributed by atoms with E-state index in [2.05, 4.69) is 30.6 Å². The monoisotopic (exact) mass is 206 g/mol. The van der Waals surface area contributed by atoms with E-state index in [0.717, 1.165) is 25.9 Å². The molecule has 15 heavy (non-hydrogen) atoms. The number of fused-ring (bicyclic) bond motifs is 1. The van der Waals surface area contributed by atoms with Crippen LogP contribution in [0.3, 0.4) is 0 Å². The molecule has 78 valence electrons. The van der Waals surface area contributed by atoms with Crippen molar-refractivity contribution in [2.24, 2.45) is 20.4 Å². The molecule has 0 bridgehead atoms. The normalized spacial score (nSPS) is 28.7. The SMILES string of the molecule is O=C1NC(N2CCCC2)=NC2=NN=NC12. The molecule has 0 aromatic rings. The predicted molar refractivity (Wildman–Crippen MR) is 52.5 cm³/mol. The minimum absolute atomic E-state index is 0.188. The number of nitrogens with zero attached hydrogens (tertiary/aromatic N) is 5. The molecule has 0 radical (unpaired) electrons. The Morgan fingerprint density at radius 1 is 1.33 bits per heavy atom. The van der Waals surface area contributed by atoms with Crippen LogP contribution in [0.15, 0.2) is 20.4 Å². The van der Waals surface area contributed by atoms with Gasteiger partial charge in [-0.25, -0.2) is 0 Å². The van der Waals surface area contributed by atoms with Crippen molar-refractivity contribution in [3.8, 4) is 0 Å². The fraction of sp³-hybridized carbons (Fsp3) is 0.625. The molecule has 3 heterocycles. The average Bonchev–Trinajstić information content (AvgIpc) is 2.88. The second kappa shape index (κ2) is 3.11. The van der Waals surface area contributed by atoms with Crippen molar-refractivity contribution < 1.29 is 4.79 Å². The van der Waals surface area contributed by atoms with Crippen LogP contribution in [-0.2, 0) is 4.79 Å². The van der Waals surface area contributed by atoms with Crippen molar-refractivity contribution in [2.75, 3.05) is 13.1 Å². The summed E-state index contributed by atoms with van der Waals surface area (Å²) in [6.45, 7) is 1.87. The van der Waals surface area contributed by atoms with Gasteiger partial charge < -0.3 is 4.90 Å². The number of carbonyl (C=O) groups is 1. The van der Waals surface area contributed by atoms with Crippen molar-refractivity contribution in [1.29, 1.82) is 0 Å². The lowest BCUT2D eigenvalue weighted by molar-refractivity contribution is -0.119. The summed E-state index contributed by atoms with van der Waals surface area (Å²) in [6, 6.07) is -0.628. The van der Waals surface area contributed by atoms with Crippen LogP contribution in [0, 0.1) is 0 Å². The Labute approximate surface area is 86.0 Å². The molecule has 3 aliphatic rings. The third kappa shape index (κ3) is 1.31. The van der Waals surface area contributed by atoms with Crippen molar-refractivity contribution in [3.05, 3.63) is 0 Å². The third-order valence-corrected chi connectivity index (χ3v) is 2.67. The van der Waals surface area contributed by atoms with Crippen LogP contribution in [0.2, 0.25) is 0 Å². The van der Waals surface area contributed by atoms with Gasteiger partial charge in [0.15, 0.2) is 5.84 Å². The van der Waals surface area contributed by atoms with Gasteiger partial charge in [-0.3, -0.25) is 10.1 Å². The standard InChI is InChI=1S/C8H10N6O/c15-7-5-6(12-13-11-5)9-8(10-7)14-3-1-2-4-14/h5H,1-4H2,(H,9,10,11,12,15). The Balaban J connectivity index is 1.88. The highest BCUT2D eigenvalue weighted by Crippen LogP contribution is 2.14. The van der Waals surface area contributed by atoms with Crippen molar-refractivity contribution in [1.82, 2.24) is 10.2 Å². The molecule has 0 saturated carbocycles. The van der Waals surface area contributed by atoms with E-state index in [1.807, 2.05) is 0 Å². The maximum Gasteiger partial charge on any atom is 0.261 e. The smallest absolute Gasteiger partial charge is 0.261 e. The number of amidine groups is 1. The number of hydrogen-bond acceptors (Lipinski definition) is 6. The molecule has 7 nitrogen and oxygen atoms in total. The summed E-state index contributed by atoms with van der Waals surface area (Å²) >= 11 is 0. The molecule has 0 aromatic carbocycles. The first-order valence-corrected chi connectivity index (χ1v) is 4.97. The van der Waals surface area contributed by atoms with Crippen LogP contribution in [0.25, 0.3) is 0 Å². The molecular formula is C8H10N6O. The second-order valence-electron chi connectivity index (χ2n) is 3.68. The van der Waals surface area contributed by atoms with Crippen molar-refractivity contribution in [3.63, 3.8) is 0 Å². The largest absolute Gasteiger partial charge is 0.342 e. The first-order valence-electron chi connectivity index (χ1n) is 4.97. The zero-order valence-electron chi connectivity index (χ0n) is 8.05. The quantitative estimate of drug-likeness (QED) is 0.591. The number of hydrogen-bond donors (Lipinski definition) is 1. The van der Waals surface area contributed by atoms with Gasteiger partial charge in [0.25, 0.3) is 5.91 Å². The highest BCUT2D eigenvalue weighted by molar-refractivity contribution is 6.20. The number of guanidine groups is 1. The van der Waals surface area contributed by atoms with Crippen LogP contribution in [0.5, 0.6) is 0 Å². The summed E-state index contributed by atoms with van der Waals surface area (Å²) < 4.78 is 0. The first kappa shape index (κ1) is 8.51. The molecule has 1 saturated heterocycles. The van der Waals surface area contributed by atoms with Gasteiger partial charge in [-0.1, -0.05) is 0 Å². The summed E-state index contributed by atoms with van der Waals surface area (Å²) in [5, 5.41) is 13.6. The van der Waals surface area contributed by atoms with E-state index >= 15 is 0 Å². The topological polar surface area (TPSA) is 81.8 Å². The number of rotatable bonds is 0. The molecule has 0 spiro atoms. The predicted octanol–water partition coefficient (Wildman–Crippen LogP) is -0.284. The Kier molecular flexibility index (Phi) is 1.77. The first-order chi connectivity index (χ1) is 7.34. The van der Waals surface area contributed by atoms with Crippen LogP contribution >= 0.6 is 0 Å². The van der Waals surface area contributed by atoms with E-state index < -0.39 is 6.04 Å². The Morgan fingerprint density at radius 3 is 2.93 bits per heavy atom. The summed E-state index contributed by atoms with van der Waals surface area (Å²) in [6.07, 6.45) is 2.28. The highest BCUT2D eigenvalue weighted by Gasteiger charge is 2.35. The minimum atomic E-state index is -0.628. The zero-order chi connectivity index (χ0) is 10.3. The lowest BCUT2D eigenvalue weighted by Crippen LogP contribution is -2.51. The van der Waals surface area contributed by atoms with Crippen LogP contribution < -0.4 is 5.32 Å². The average molecular weight is 206 g/mol. The minimum Gasteiger partial charge on any atom is -0.342 e. The van der Waals surface area contributed by atoms with E-state index in [1.54, 1.807) is 0 Å². The van der Waals surface area contributed by atoms with E-state index in [1.165, 1.54) is 0 Å². The van der Waals surface area contributed by atoms with Crippen LogP contribution in [-0.4, -0.2) is 41.7 Å². The van der Waals surface area contributed by atoms with Gasteiger partial charge in [0, 0.05) is 13.1 Å². The van der Waals surface area contributed by atoms with Crippen LogP contribution in [0.4, 0.5) is 0 Å². The number of carbonyl (C=O) groups excluding carboxylic acids is 1. The number of likely N-dealkylation sites (tertiary alicyclic amines) is 1. The van der Waals surface area contributed by atoms with Gasteiger partial charge in [-0.15, -0.1) is 10.2 Å². The fourth-order valence-electron chi connectivity index (χ4n) is 1.88. The molecule has 1 N–H and O–H groups in total. The third-order valence-electron chi connectivity index (χ3n) is 2.67. The van der Waals surface area contributed by atoms with Crippen LogP contribution in [0.1, 0.15) is 12.8 Å². The van der Waals surface area contributed by atoms with Crippen molar-refractivity contribution >= 4 is 17.7 Å². The summed E-state index contributed by atoms with van der Waals surface area (Å²) in [5.41, 5.74) is 0. The van der Waals surface area contributed by atoms with Gasteiger partial charge in [-0.05, 0) is 18.1 Å².